The van der Waals surface area contributed by atoms with Gasteiger partial charge in [0.25, 0.3) is 6.71 Å². The summed E-state index contributed by atoms with van der Waals surface area (Å²) in [5.41, 5.74) is 31.9. The summed E-state index contributed by atoms with van der Waals surface area (Å²) in [5, 5.41) is 0. The molecule has 0 unspecified atom stereocenters. The van der Waals surface area contributed by atoms with E-state index in [1.165, 1.54) is 123 Å². The highest BCUT2D eigenvalue weighted by Gasteiger charge is 2.52. The Hall–Kier alpha value is -7.56. The number of benzene rings is 9. The molecule has 5 aliphatic rings. The van der Waals surface area contributed by atoms with Crippen molar-refractivity contribution in [3.05, 3.63) is 237 Å². The molecule has 0 spiro atoms. The zero-order chi connectivity index (χ0) is 64.2. The van der Waals surface area contributed by atoms with E-state index in [2.05, 4.69) is 336 Å². The fourth-order valence-electron chi connectivity index (χ4n) is 17.9. The van der Waals surface area contributed by atoms with Crippen LogP contribution in [0.15, 0.2) is 176 Å². The van der Waals surface area contributed by atoms with Gasteiger partial charge in [-0.25, -0.2) is 0 Å². The Morgan fingerprint density at radius 3 is 1.28 bits per heavy atom. The predicted molar refractivity (Wildman–Crippen MR) is 389 cm³/mol. The van der Waals surface area contributed by atoms with E-state index in [1.54, 1.807) is 0 Å². The Kier molecular flexibility index (Phi) is 13.0. The number of anilines is 9. The van der Waals surface area contributed by atoms with Crippen molar-refractivity contribution in [1.82, 2.24) is 0 Å². The molecule has 0 saturated carbocycles. The molecule has 9 aromatic rings. The van der Waals surface area contributed by atoms with Crippen LogP contribution in [0.1, 0.15) is 219 Å². The van der Waals surface area contributed by atoms with E-state index in [0.29, 0.717) is 0 Å². The second kappa shape index (κ2) is 19.5. The van der Waals surface area contributed by atoms with Gasteiger partial charge in [0.15, 0.2) is 0 Å². The van der Waals surface area contributed by atoms with Crippen LogP contribution in [0.5, 0.6) is 0 Å². The van der Waals surface area contributed by atoms with Crippen molar-refractivity contribution in [2.24, 2.45) is 0 Å². The zero-order valence-electron chi connectivity index (χ0n) is 58.1. The van der Waals surface area contributed by atoms with Gasteiger partial charge in [0, 0.05) is 56.2 Å². The molecule has 3 nitrogen and oxygen atoms in total. The summed E-state index contributed by atoms with van der Waals surface area (Å²) in [6.45, 7) is 50.7. The third-order valence-corrected chi connectivity index (χ3v) is 22.3. The van der Waals surface area contributed by atoms with Crippen LogP contribution >= 0.6 is 0 Å². The Bertz CT molecular complexity index is 4350. The van der Waals surface area contributed by atoms with E-state index in [9.17, 15) is 0 Å². The molecule has 458 valence electrons. The van der Waals surface area contributed by atoms with Gasteiger partial charge in [-0.2, -0.15) is 0 Å². The lowest BCUT2D eigenvalue weighted by Crippen LogP contribution is -2.62. The summed E-state index contributed by atoms with van der Waals surface area (Å²) < 4.78 is 0. The van der Waals surface area contributed by atoms with Crippen LogP contribution in [0.25, 0.3) is 11.1 Å². The SMILES string of the molecule is CC(C)(C)c1ccc(N(c2ccc(C(C)(C)C)cc2)c2cc3c4c(c2)N(c2ccc(C(C)(C)C)cc2-c2ccccc2)c2cc5c(cc2B4c2cc4c(cc2N3c2ccc3c(c2)C(C)(C)CC3(C)C)C(C)(C)CC4(C)C)C(C)(C)c2ccccc2C5(C)C)cc1. The maximum Gasteiger partial charge on any atom is 0.252 e. The van der Waals surface area contributed by atoms with Crippen molar-refractivity contribution in [1.29, 1.82) is 0 Å². The van der Waals surface area contributed by atoms with E-state index < -0.39 is 0 Å². The van der Waals surface area contributed by atoms with Gasteiger partial charge >= 0.3 is 0 Å². The smallest absolute Gasteiger partial charge is 0.252 e. The molecule has 0 amide bonds. The van der Waals surface area contributed by atoms with E-state index in [1.807, 2.05) is 0 Å². The fourth-order valence-corrected chi connectivity index (χ4v) is 17.9. The van der Waals surface area contributed by atoms with Crippen LogP contribution in [0.4, 0.5) is 51.2 Å². The monoisotopic (exact) mass is 1180 g/mol. The third-order valence-electron chi connectivity index (χ3n) is 22.3. The number of fused-ring (bicyclic) bond motifs is 8. The Morgan fingerprint density at radius 1 is 0.333 bits per heavy atom. The Balaban J connectivity index is 1.18. The lowest BCUT2D eigenvalue weighted by atomic mass is 9.32. The van der Waals surface area contributed by atoms with Gasteiger partial charge in [0.05, 0.1) is 11.4 Å². The van der Waals surface area contributed by atoms with Crippen molar-refractivity contribution in [2.45, 2.75) is 207 Å². The Morgan fingerprint density at radius 2 is 0.756 bits per heavy atom. The first kappa shape index (κ1) is 60.0. The van der Waals surface area contributed by atoms with E-state index in [0.717, 1.165) is 29.9 Å². The molecule has 0 N–H and O–H groups in total. The van der Waals surface area contributed by atoms with E-state index >= 15 is 0 Å². The quantitative estimate of drug-likeness (QED) is 0.154. The zero-order valence-corrected chi connectivity index (χ0v) is 58.1. The van der Waals surface area contributed by atoms with E-state index in [-0.39, 0.29) is 55.4 Å². The van der Waals surface area contributed by atoms with Crippen molar-refractivity contribution in [2.75, 3.05) is 14.7 Å². The summed E-state index contributed by atoms with van der Waals surface area (Å²) in [5.74, 6) is 0. The predicted octanol–water partition coefficient (Wildman–Crippen LogP) is 21.7. The minimum atomic E-state index is -0.295. The molecule has 0 aromatic heterocycles. The molecule has 14 rings (SSSR count). The average molecular weight is 1180 g/mol. The molecule has 2 heterocycles. The first-order valence-corrected chi connectivity index (χ1v) is 33.6. The van der Waals surface area contributed by atoms with Gasteiger partial charge in [-0.3, -0.25) is 0 Å². The molecule has 0 fully saturated rings. The van der Waals surface area contributed by atoms with Crippen LogP contribution in [0, 0.1) is 0 Å². The van der Waals surface area contributed by atoms with Crippen LogP contribution in [-0.4, -0.2) is 6.71 Å². The molecule has 2 aliphatic heterocycles. The lowest BCUT2D eigenvalue weighted by molar-refractivity contribution is 0.403. The van der Waals surface area contributed by atoms with Crippen molar-refractivity contribution in [3.63, 3.8) is 0 Å². The number of nitrogens with zero attached hydrogens (tertiary/aromatic N) is 3. The molecule has 3 aliphatic carbocycles. The highest BCUT2D eigenvalue weighted by atomic mass is 15.2. The summed E-state index contributed by atoms with van der Waals surface area (Å²) >= 11 is 0. The van der Waals surface area contributed by atoms with Crippen LogP contribution in [-0.2, 0) is 48.7 Å². The summed E-state index contributed by atoms with van der Waals surface area (Å²) in [4.78, 5) is 8.05. The highest BCUT2D eigenvalue weighted by Crippen LogP contribution is 2.58. The summed E-state index contributed by atoms with van der Waals surface area (Å²) in [7, 11) is 0. The van der Waals surface area contributed by atoms with Crippen LogP contribution < -0.4 is 31.1 Å². The maximum absolute atomic E-state index is 2.74. The normalized spacial score (nSPS) is 18.2. The fraction of sp³-hybridized carbons (Fsp3) is 0.372. The molecule has 9 aromatic carbocycles. The molecular formula is C86H96BN3. The van der Waals surface area contributed by atoms with Gasteiger partial charge in [0.2, 0.25) is 0 Å². The molecule has 0 radical (unpaired) electrons. The van der Waals surface area contributed by atoms with Gasteiger partial charge < -0.3 is 14.7 Å². The minimum absolute atomic E-state index is 0.0157. The van der Waals surface area contributed by atoms with Crippen LogP contribution in [0.2, 0.25) is 0 Å². The van der Waals surface area contributed by atoms with Crippen molar-refractivity contribution in [3.8, 4) is 11.1 Å². The van der Waals surface area contributed by atoms with Crippen molar-refractivity contribution >= 4 is 74.3 Å². The van der Waals surface area contributed by atoms with E-state index in [4.69, 9.17) is 0 Å². The summed E-state index contributed by atoms with van der Waals surface area (Å²) in [6, 6.07) is 70.5. The molecule has 90 heavy (non-hydrogen) atoms. The molecule has 4 heteroatoms. The molecular weight excluding hydrogens is 1090 g/mol. The molecule has 0 bridgehead atoms. The van der Waals surface area contributed by atoms with Crippen LogP contribution in [0.3, 0.4) is 0 Å². The Labute approximate surface area is 541 Å². The minimum Gasteiger partial charge on any atom is -0.311 e. The van der Waals surface area contributed by atoms with Gasteiger partial charge in [-0.05, 0) is 207 Å². The first-order chi connectivity index (χ1) is 42.0. The molecule has 0 atom stereocenters. The van der Waals surface area contributed by atoms with Crippen molar-refractivity contribution < 1.29 is 0 Å². The first-order valence-electron chi connectivity index (χ1n) is 33.6. The maximum atomic E-state index is 2.74. The number of hydrogen-bond donors (Lipinski definition) is 0. The van der Waals surface area contributed by atoms with Gasteiger partial charge in [-0.15, -0.1) is 0 Å². The lowest BCUT2D eigenvalue weighted by Gasteiger charge is -2.49. The second-order valence-electron chi connectivity index (χ2n) is 34.6. The highest BCUT2D eigenvalue weighted by molar-refractivity contribution is 7.00. The topological polar surface area (TPSA) is 9.72 Å². The number of hydrogen-bond acceptors (Lipinski definition) is 3. The average Bonchev–Trinajstić information content (AvgIpc) is 0.819. The summed E-state index contributed by atoms with van der Waals surface area (Å²) in [6.07, 6.45) is 2.18. The van der Waals surface area contributed by atoms with Gasteiger partial charge in [0.1, 0.15) is 0 Å². The third kappa shape index (κ3) is 9.16. The second-order valence-corrected chi connectivity index (χ2v) is 34.6. The standard InChI is InChI=1S/C86H96BN3/c1-78(2,3)54-31-36-57(37-32-54)88(58-38-33-55(34-39-58)79(4,5)6)60-45-75-77-76(46-60)90(72-42-35-56(80(7,8)9)43-61(72)53-27-23-22-24-28-53)74-50-69-68(85(18,19)63-29-25-26-30-64(63)86(69,20)21)48-71(74)87(77)70-47-66-67(84(16,17)52-83(66,14)15)49-73(70)89(75)59-40-41-62-65(44-59)82(12,13)51-81(62,10)11/h22-50H,51-52H2,1-21H3. The molecule has 0 saturated heterocycles. The number of rotatable bonds is 6. The van der Waals surface area contributed by atoms with Gasteiger partial charge in [-0.1, -0.05) is 249 Å². The largest absolute Gasteiger partial charge is 0.311 e.